The van der Waals surface area contributed by atoms with Crippen LogP contribution in [0.15, 0.2) is 52.3 Å². The third-order valence-corrected chi connectivity index (χ3v) is 6.91. The van der Waals surface area contributed by atoms with E-state index in [4.69, 9.17) is 0 Å². The molecule has 11 heteroatoms. The molecule has 0 fully saturated rings. The molecule has 0 radical (unpaired) electrons. The van der Waals surface area contributed by atoms with E-state index in [-0.39, 0.29) is 21.2 Å². The highest BCUT2D eigenvalue weighted by Crippen LogP contribution is 2.25. The van der Waals surface area contributed by atoms with Crippen LogP contribution in [0.3, 0.4) is 0 Å². The molecular formula is C15H17N3O6S2. The van der Waals surface area contributed by atoms with Gasteiger partial charge in [-0.05, 0) is 36.8 Å². The van der Waals surface area contributed by atoms with Gasteiger partial charge in [0.2, 0.25) is 10.0 Å². The summed E-state index contributed by atoms with van der Waals surface area (Å²) in [5.74, 6) is 0. The van der Waals surface area contributed by atoms with Gasteiger partial charge in [-0.3, -0.25) is 14.8 Å². The van der Waals surface area contributed by atoms with Crippen molar-refractivity contribution in [2.45, 2.75) is 16.7 Å². The lowest BCUT2D eigenvalue weighted by Crippen LogP contribution is -2.22. The number of nitrogens with zero attached hydrogens (tertiary/aromatic N) is 2. The summed E-state index contributed by atoms with van der Waals surface area (Å²) in [7, 11) is -4.94. The number of anilines is 1. The summed E-state index contributed by atoms with van der Waals surface area (Å²) in [5.41, 5.74) is 0.131. The van der Waals surface area contributed by atoms with Crippen LogP contribution in [0.5, 0.6) is 0 Å². The molecule has 0 aromatic heterocycles. The molecule has 0 aliphatic heterocycles. The van der Waals surface area contributed by atoms with E-state index in [1.165, 1.54) is 57.4 Å². The molecule has 0 amide bonds. The van der Waals surface area contributed by atoms with Crippen molar-refractivity contribution in [1.29, 1.82) is 0 Å². The van der Waals surface area contributed by atoms with Crippen molar-refractivity contribution in [3.05, 3.63) is 58.1 Å². The van der Waals surface area contributed by atoms with Crippen LogP contribution in [-0.4, -0.2) is 40.2 Å². The Kier molecular flexibility index (Phi) is 5.35. The first-order valence-electron chi connectivity index (χ1n) is 7.25. The minimum absolute atomic E-state index is 0.0111. The lowest BCUT2D eigenvalue weighted by molar-refractivity contribution is -0.385. The molecule has 0 saturated carbocycles. The van der Waals surface area contributed by atoms with Gasteiger partial charge in [0.15, 0.2) is 0 Å². The standard InChI is InChI=1S/C15H17N3O6S2/c1-11-4-7-13(18(19)20)10-15(11)25(21,22)16-12-5-8-14(9-6-12)26(23,24)17(2)3/h4-10,16H,1-3H3. The van der Waals surface area contributed by atoms with E-state index >= 15 is 0 Å². The predicted molar refractivity (Wildman–Crippen MR) is 96.0 cm³/mol. The van der Waals surface area contributed by atoms with Crippen LogP contribution >= 0.6 is 0 Å². The zero-order chi connectivity index (χ0) is 19.7. The number of nitrogens with one attached hydrogen (secondary N) is 1. The van der Waals surface area contributed by atoms with E-state index in [1.807, 2.05) is 0 Å². The Morgan fingerprint density at radius 3 is 2.08 bits per heavy atom. The molecule has 26 heavy (non-hydrogen) atoms. The highest BCUT2D eigenvalue weighted by atomic mass is 32.2. The predicted octanol–water partition coefficient (Wildman–Crippen LogP) is 1.95. The lowest BCUT2D eigenvalue weighted by Gasteiger charge is -2.13. The Morgan fingerprint density at radius 2 is 1.58 bits per heavy atom. The van der Waals surface area contributed by atoms with Gasteiger partial charge in [0, 0.05) is 31.9 Å². The van der Waals surface area contributed by atoms with Crippen molar-refractivity contribution < 1.29 is 21.8 Å². The number of aryl methyl sites for hydroxylation is 1. The minimum atomic E-state index is -4.08. The number of non-ortho nitro benzene ring substituents is 1. The second-order valence-electron chi connectivity index (χ2n) is 5.62. The van der Waals surface area contributed by atoms with E-state index in [0.717, 1.165) is 10.4 Å². The third kappa shape index (κ3) is 4.00. The Morgan fingerprint density at radius 1 is 1.00 bits per heavy atom. The summed E-state index contributed by atoms with van der Waals surface area (Å²) < 4.78 is 52.4. The van der Waals surface area contributed by atoms with Crippen molar-refractivity contribution >= 4 is 31.4 Å². The van der Waals surface area contributed by atoms with Crippen LogP contribution in [0.25, 0.3) is 0 Å². The summed E-state index contributed by atoms with van der Waals surface area (Å²) in [4.78, 5) is 9.97. The smallest absolute Gasteiger partial charge is 0.270 e. The fourth-order valence-corrected chi connectivity index (χ4v) is 4.33. The number of hydrogen-bond donors (Lipinski definition) is 1. The molecule has 0 saturated heterocycles. The van der Waals surface area contributed by atoms with Crippen LogP contribution in [-0.2, 0) is 20.0 Å². The lowest BCUT2D eigenvalue weighted by atomic mass is 10.2. The van der Waals surface area contributed by atoms with Crippen LogP contribution in [0, 0.1) is 17.0 Å². The van der Waals surface area contributed by atoms with Gasteiger partial charge in [-0.1, -0.05) is 6.07 Å². The van der Waals surface area contributed by atoms with E-state index in [9.17, 15) is 26.9 Å². The maximum absolute atomic E-state index is 12.5. The molecule has 2 rings (SSSR count). The van der Waals surface area contributed by atoms with E-state index in [1.54, 1.807) is 0 Å². The number of benzene rings is 2. The fraction of sp³-hybridized carbons (Fsp3) is 0.200. The van der Waals surface area contributed by atoms with Crippen molar-refractivity contribution in [1.82, 2.24) is 4.31 Å². The van der Waals surface area contributed by atoms with Gasteiger partial charge in [-0.25, -0.2) is 21.1 Å². The van der Waals surface area contributed by atoms with Crippen molar-refractivity contribution in [2.24, 2.45) is 0 Å². The van der Waals surface area contributed by atoms with Gasteiger partial charge < -0.3 is 0 Å². The SMILES string of the molecule is Cc1ccc([N+](=O)[O-])cc1S(=O)(=O)Nc1ccc(S(=O)(=O)N(C)C)cc1. The molecule has 0 unspecified atom stereocenters. The van der Waals surface area contributed by atoms with Crippen LogP contribution < -0.4 is 4.72 Å². The summed E-state index contributed by atoms with van der Waals surface area (Å²) in [5, 5.41) is 10.9. The van der Waals surface area contributed by atoms with E-state index < -0.39 is 25.0 Å². The molecule has 2 aromatic rings. The Labute approximate surface area is 151 Å². The third-order valence-electron chi connectivity index (χ3n) is 3.56. The molecule has 0 heterocycles. The van der Waals surface area contributed by atoms with Crippen LogP contribution in [0.1, 0.15) is 5.56 Å². The zero-order valence-corrected chi connectivity index (χ0v) is 15.8. The second-order valence-corrected chi connectivity index (χ2v) is 9.43. The van der Waals surface area contributed by atoms with E-state index in [0.29, 0.717) is 5.56 Å². The van der Waals surface area contributed by atoms with Crippen LogP contribution in [0.4, 0.5) is 11.4 Å². The van der Waals surface area contributed by atoms with Gasteiger partial charge in [-0.2, -0.15) is 0 Å². The highest BCUT2D eigenvalue weighted by Gasteiger charge is 2.21. The molecule has 0 atom stereocenters. The van der Waals surface area contributed by atoms with Gasteiger partial charge >= 0.3 is 0 Å². The normalized spacial score (nSPS) is 12.2. The molecular weight excluding hydrogens is 382 g/mol. The first-order chi connectivity index (χ1) is 11.9. The monoisotopic (exact) mass is 399 g/mol. The van der Waals surface area contributed by atoms with Gasteiger partial charge in [0.1, 0.15) is 0 Å². The Bertz CT molecular complexity index is 1050. The molecule has 0 spiro atoms. The summed E-state index contributed by atoms with van der Waals surface area (Å²) in [6.07, 6.45) is 0. The molecule has 140 valence electrons. The largest absolute Gasteiger partial charge is 0.280 e. The molecule has 0 aliphatic rings. The van der Waals surface area contributed by atoms with Gasteiger partial charge in [-0.15, -0.1) is 0 Å². The number of sulfonamides is 2. The second kappa shape index (κ2) is 7.02. The molecule has 0 aliphatic carbocycles. The van der Waals surface area contributed by atoms with Crippen molar-refractivity contribution in [2.75, 3.05) is 18.8 Å². The zero-order valence-electron chi connectivity index (χ0n) is 14.2. The average Bonchev–Trinajstić information content (AvgIpc) is 2.54. The fourth-order valence-electron chi connectivity index (χ4n) is 2.11. The summed E-state index contributed by atoms with van der Waals surface area (Å²) in [6, 6.07) is 8.69. The number of nitro groups is 1. The topological polar surface area (TPSA) is 127 Å². The van der Waals surface area contributed by atoms with Crippen molar-refractivity contribution in [3.63, 3.8) is 0 Å². The van der Waals surface area contributed by atoms with Crippen molar-refractivity contribution in [3.8, 4) is 0 Å². The number of nitro benzene ring substituents is 1. The maximum atomic E-state index is 12.5. The quantitative estimate of drug-likeness (QED) is 0.584. The minimum Gasteiger partial charge on any atom is -0.280 e. The maximum Gasteiger partial charge on any atom is 0.270 e. The molecule has 1 N–H and O–H groups in total. The first-order valence-corrected chi connectivity index (χ1v) is 10.2. The summed E-state index contributed by atoms with van der Waals surface area (Å²) in [6.45, 7) is 1.52. The molecule has 2 aromatic carbocycles. The molecule has 0 bridgehead atoms. The highest BCUT2D eigenvalue weighted by molar-refractivity contribution is 7.92. The molecule has 9 nitrogen and oxygen atoms in total. The Hall–Kier alpha value is -2.50. The number of hydrogen-bond acceptors (Lipinski definition) is 6. The number of rotatable bonds is 6. The van der Waals surface area contributed by atoms with E-state index in [2.05, 4.69) is 4.72 Å². The summed E-state index contributed by atoms with van der Waals surface area (Å²) >= 11 is 0. The van der Waals surface area contributed by atoms with Gasteiger partial charge in [0.05, 0.1) is 14.7 Å². The average molecular weight is 399 g/mol. The Balaban J connectivity index is 2.36. The first kappa shape index (κ1) is 19.8. The van der Waals surface area contributed by atoms with Crippen LogP contribution in [0.2, 0.25) is 0 Å². The van der Waals surface area contributed by atoms with Gasteiger partial charge in [0.25, 0.3) is 15.7 Å².